The number of esters is 1. The van der Waals surface area contributed by atoms with E-state index < -0.39 is 22.0 Å². The lowest BCUT2D eigenvalue weighted by Gasteiger charge is -2.30. The van der Waals surface area contributed by atoms with Crippen LogP contribution < -0.4 is 20.5 Å². The molecule has 190 valence electrons. The molecule has 3 rings (SSSR count). The van der Waals surface area contributed by atoms with Gasteiger partial charge in [-0.2, -0.15) is 0 Å². The quantitative estimate of drug-likeness (QED) is 0.254. The molecule has 0 saturated carbocycles. The van der Waals surface area contributed by atoms with Crippen LogP contribution in [0.4, 0.5) is 5.69 Å². The van der Waals surface area contributed by atoms with Crippen molar-refractivity contribution < 1.29 is 27.4 Å². The number of hydrogen-bond acceptors (Lipinski definition) is 8. The van der Waals surface area contributed by atoms with E-state index in [-0.39, 0.29) is 11.9 Å². The Hall–Kier alpha value is -3.31. The fourth-order valence-corrected chi connectivity index (χ4v) is 4.74. The predicted octanol–water partition coefficient (Wildman–Crippen LogP) is 2.50. The molecule has 0 amide bonds. The summed E-state index contributed by atoms with van der Waals surface area (Å²) >= 11 is 0. The van der Waals surface area contributed by atoms with Crippen LogP contribution in [0, 0.1) is 5.41 Å². The van der Waals surface area contributed by atoms with E-state index in [1.165, 1.54) is 17.7 Å². The van der Waals surface area contributed by atoms with E-state index in [1.54, 1.807) is 42.5 Å². The molecule has 4 N–H and O–H groups in total. The zero-order chi connectivity index (χ0) is 25.6. The zero-order valence-corrected chi connectivity index (χ0v) is 20.9. The Bertz CT molecular complexity index is 1150. The minimum Gasteiger partial charge on any atom is -0.494 e. The topological polar surface area (TPSA) is 144 Å². The highest BCUT2D eigenvalue weighted by atomic mass is 32.2. The van der Waals surface area contributed by atoms with E-state index in [4.69, 9.17) is 25.4 Å². The summed E-state index contributed by atoms with van der Waals surface area (Å²) in [4.78, 5) is 12.7. The van der Waals surface area contributed by atoms with Crippen molar-refractivity contribution in [2.45, 2.75) is 31.9 Å². The van der Waals surface area contributed by atoms with Gasteiger partial charge in [0, 0.05) is 30.4 Å². The van der Waals surface area contributed by atoms with E-state index in [2.05, 4.69) is 5.32 Å². The maximum Gasteiger partial charge on any atom is 0.332 e. The monoisotopic (exact) mass is 504 g/mol. The lowest BCUT2D eigenvalue weighted by molar-refractivity contribution is -0.141. The lowest BCUT2D eigenvalue weighted by Crippen LogP contribution is -2.41. The number of methoxy groups -OCH3 is 1. The van der Waals surface area contributed by atoms with Gasteiger partial charge in [0.2, 0.25) is 10.0 Å². The first-order valence-corrected chi connectivity index (χ1v) is 13.1. The van der Waals surface area contributed by atoms with Crippen molar-refractivity contribution in [1.82, 2.24) is 4.31 Å². The van der Waals surface area contributed by atoms with Gasteiger partial charge in [-0.3, -0.25) is 5.41 Å². The van der Waals surface area contributed by atoms with Crippen LogP contribution in [-0.4, -0.2) is 63.7 Å². The molecule has 1 saturated heterocycles. The van der Waals surface area contributed by atoms with Crippen LogP contribution in [0.25, 0.3) is 0 Å². The number of carbonyl (C=O) groups excluding carboxylic acids is 1. The molecular formula is C24H32N4O6S. The minimum atomic E-state index is -3.22. The molecule has 11 heteroatoms. The fourth-order valence-electron chi connectivity index (χ4n) is 3.86. The van der Waals surface area contributed by atoms with E-state index in [0.717, 1.165) is 0 Å². The van der Waals surface area contributed by atoms with Gasteiger partial charge in [0.05, 0.1) is 20.0 Å². The molecule has 2 aromatic carbocycles. The maximum atomic E-state index is 12.7. The van der Waals surface area contributed by atoms with Crippen molar-refractivity contribution in [3.05, 3.63) is 53.6 Å². The molecule has 0 bridgehead atoms. The van der Waals surface area contributed by atoms with Gasteiger partial charge in [0.1, 0.15) is 23.4 Å². The van der Waals surface area contributed by atoms with Crippen LogP contribution in [-0.2, 0) is 19.6 Å². The zero-order valence-electron chi connectivity index (χ0n) is 20.1. The van der Waals surface area contributed by atoms with E-state index in [9.17, 15) is 13.2 Å². The minimum absolute atomic E-state index is 0.0466. The molecule has 1 unspecified atom stereocenters. The van der Waals surface area contributed by atoms with Gasteiger partial charge in [0.25, 0.3) is 0 Å². The number of anilines is 1. The molecule has 1 atom stereocenters. The number of nitrogens with zero attached hydrogens (tertiary/aromatic N) is 1. The van der Waals surface area contributed by atoms with Gasteiger partial charge in [-0.15, -0.1) is 0 Å². The van der Waals surface area contributed by atoms with Gasteiger partial charge in [-0.1, -0.05) is 0 Å². The molecular weight excluding hydrogens is 472 g/mol. The van der Waals surface area contributed by atoms with Crippen LogP contribution >= 0.6 is 0 Å². The van der Waals surface area contributed by atoms with E-state index in [0.29, 0.717) is 60.9 Å². The molecule has 35 heavy (non-hydrogen) atoms. The van der Waals surface area contributed by atoms with Gasteiger partial charge >= 0.3 is 5.97 Å². The third-order valence-electron chi connectivity index (χ3n) is 5.66. The molecule has 0 aromatic heterocycles. The number of hydrogen-bond donors (Lipinski definition) is 3. The van der Waals surface area contributed by atoms with E-state index >= 15 is 0 Å². The number of sulfonamides is 1. The predicted molar refractivity (Wildman–Crippen MR) is 134 cm³/mol. The fraction of sp³-hybridized carbons (Fsp3) is 0.417. The summed E-state index contributed by atoms with van der Waals surface area (Å²) in [6, 6.07) is 11.2. The average molecular weight is 505 g/mol. The largest absolute Gasteiger partial charge is 0.494 e. The molecule has 2 aromatic rings. The summed E-state index contributed by atoms with van der Waals surface area (Å²) in [6.07, 6.45) is 2.16. The van der Waals surface area contributed by atoms with Crippen molar-refractivity contribution in [1.29, 1.82) is 5.41 Å². The Kier molecular flexibility index (Phi) is 8.57. The first-order valence-electron chi connectivity index (χ1n) is 11.3. The van der Waals surface area contributed by atoms with Gasteiger partial charge in [-0.05, 0) is 61.7 Å². The molecule has 10 nitrogen and oxygen atoms in total. The summed E-state index contributed by atoms with van der Waals surface area (Å²) in [6.45, 7) is 3.08. The molecule has 1 aliphatic heterocycles. The number of ether oxygens (including phenoxy) is 3. The molecule has 0 spiro atoms. The second kappa shape index (κ2) is 11.4. The Morgan fingerprint density at radius 3 is 2.34 bits per heavy atom. The number of nitrogen functional groups attached to an aromatic ring is 1. The van der Waals surface area contributed by atoms with E-state index in [1.807, 2.05) is 6.92 Å². The number of benzene rings is 2. The summed E-state index contributed by atoms with van der Waals surface area (Å²) < 4.78 is 41.9. The van der Waals surface area contributed by atoms with Crippen molar-refractivity contribution in [3.8, 4) is 11.5 Å². The summed E-state index contributed by atoms with van der Waals surface area (Å²) in [5.41, 5.74) is 7.32. The highest BCUT2D eigenvalue weighted by Gasteiger charge is 2.27. The Morgan fingerprint density at radius 1 is 1.17 bits per heavy atom. The van der Waals surface area contributed by atoms with Crippen LogP contribution in [0.2, 0.25) is 0 Å². The van der Waals surface area contributed by atoms with Gasteiger partial charge < -0.3 is 25.3 Å². The third-order valence-corrected chi connectivity index (χ3v) is 6.97. The first kappa shape index (κ1) is 26.3. The lowest BCUT2D eigenvalue weighted by atomic mass is 10.0. The first-order chi connectivity index (χ1) is 16.6. The van der Waals surface area contributed by atoms with Gasteiger partial charge in [0.15, 0.2) is 6.04 Å². The standard InChI is InChI=1S/C24H32N4O6S/c1-4-33-20-13-17(14-21(15-20)34-19-9-11-28(12-10-19)35(3,30)31)22(24(29)32-2)27-18-7-5-16(6-8-18)23(25)26/h5-8,13-15,19,22,27H,4,9-12H2,1-3H3,(H3,25,26). The van der Waals surface area contributed by atoms with Crippen LogP contribution in [0.5, 0.6) is 11.5 Å². The molecule has 1 heterocycles. The average Bonchev–Trinajstić information content (AvgIpc) is 2.82. The van der Waals surface area contributed by atoms with Crippen molar-refractivity contribution in [3.63, 3.8) is 0 Å². The molecule has 1 fully saturated rings. The highest BCUT2D eigenvalue weighted by Crippen LogP contribution is 2.31. The van der Waals surface area contributed by atoms with Crippen molar-refractivity contribution >= 4 is 27.5 Å². The number of carbonyl (C=O) groups is 1. The normalized spacial score (nSPS) is 15.7. The number of rotatable bonds is 10. The smallest absolute Gasteiger partial charge is 0.332 e. The number of nitrogens with two attached hydrogens (primary N) is 1. The van der Waals surface area contributed by atoms with Crippen LogP contribution in [0.15, 0.2) is 42.5 Å². The number of piperidine rings is 1. The molecule has 0 radical (unpaired) electrons. The molecule has 0 aliphatic carbocycles. The SMILES string of the molecule is CCOc1cc(OC2CCN(S(C)(=O)=O)CC2)cc(C(Nc2ccc(C(=N)N)cc2)C(=O)OC)c1. The summed E-state index contributed by atoms with van der Waals surface area (Å²) in [7, 11) is -1.91. The van der Waals surface area contributed by atoms with Crippen LogP contribution in [0.3, 0.4) is 0 Å². The van der Waals surface area contributed by atoms with Gasteiger partial charge in [-0.25, -0.2) is 17.5 Å². The Morgan fingerprint density at radius 2 is 1.80 bits per heavy atom. The summed E-state index contributed by atoms with van der Waals surface area (Å²) in [5, 5.41) is 10.7. The number of amidine groups is 1. The summed E-state index contributed by atoms with van der Waals surface area (Å²) in [5.74, 6) is 0.513. The molecule has 1 aliphatic rings. The highest BCUT2D eigenvalue weighted by molar-refractivity contribution is 7.88. The van der Waals surface area contributed by atoms with Crippen molar-refractivity contribution in [2.75, 3.05) is 38.4 Å². The Labute approximate surface area is 205 Å². The second-order valence-corrected chi connectivity index (χ2v) is 10.2. The van der Waals surface area contributed by atoms with Crippen LogP contribution in [0.1, 0.15) is 36.9 Å². The second-order valence-electron chi connectivity index (χ2n) is 8.24. The number of nitrogens with one attached hydrogen (secondary N) is 2. The maximum absolute atomic E-state index is 12.7. The Balaban J connectivity index is 1.84. The third kappa shape index (κ3) is 7.09. The van der Waals surface area contributed by atoms with Crippen molar-refractivity contribution in [2.24, 2.45) is 5.73 Å².